The van der Waals surface area contributed by atoms with E-state index in [4.69, 9.17) is 5.84 Å². The molecule has 94 valence electrons. The molecular weight excluding hydrogens is 214 g/mol. The topological polar surface area (TPSA) is 75.9 Å². The maximum Gasteiger partial charge on any atom is 0.145 e. The molecule has 1 heterocycles. The van der Waals surface area contributed by atoms with E-state index in [1.54, 1.807) is 0 Å². The SMILES string of the molecule is CCCc1nc(NN)cc(NC2CC(C)C2)n1. The van der Waals surface area contributed by atoms with E-state index >= 15 is 0 Å². The number of hydrogen-bond acceptors (Lipinski definition) is 5. The first-order valence-corrected chi connectivity index (χ1v) is 6.32. The summed E-state index contributed by atoms with van der Waals surface area (Å²) in [6, 6.07) is 2.42. The number of anilines is 2. The Balaban J connectivity index is 2.06. The molecule has 1 aliphatic rings. The number of nitrogens with zero attached hydrogens (tertiary/aromatic N) is 2. The van der Waals surface area contributed by atoms with Gasteiger partial charge in [0.15, 0.2) is 0 Å². The fourth-order valence-corrected chi connectivity index (χ4v) is 2.21. The smallest absolute Gasteiger partial charge is 0.145 e. The second-order valence-electron chi connectivity index (χ2n) is 4.87. The van der Waals surface area contributed by atoms with E-state index in [1.165, 1.54) is 12.8 Å². The Morgan fingerprint density at radius 3 is 2.65 bits per heavy atom. The maximum atomic E-state index is 5.42. The van der Waals surface area contributed by atoms with Gasteiger partial charge in [-0.05, 0) is 25.2 Å². The van der Waals surface area contributed by atoms with Crippen molar-refractivity contribution in [3.05, 3.63) is 11.9 Å². The van der Waals surface area contributed by atoms with Crippen LogP contribution in [-0.4, -0.2) is 16.0 Å². The number of hydrazine groups is 1. The maximum absolute atomic E-state index is 5.42. The minimum Gasteiger partial charge on any atom is -0.367 e. The fourth-order valence-electron chi connectivity index (χ4n) is 2.21. The van der Waals surface area contributed by atoms with Gasteiger partial charge in [0.1, 0.15) is 17.5 Å². The van der Waals surface area contributed by atoms with Gasteiger partial charge >= 0.3 is 0 Å². The van der Waals surface area contributed by atoms with Gasteiger partial charge in [0.2, 0.25) is 0 Å². The summed E-state index contributed by atoms with van der Waals surface area (Å²) in [7, 11) is 0. The van der Waals surface area contributed by atoms with Gasteiger partial charge in [-0.25, -0.2) is 15.8 Å². The minimum absolute atomic E-state index is 0.556. The number of hydrogen-bond donors (Lipinski definition) is 3. The Bertz CT molecular complexity index is 373. The van der Waals surface area contributed by atoms with Crippen molar-refractivity contribution >= 4 is 11.6 Å². The summed E-state index contributed by atoms with van der Waals surface area (Å²) in [5.41, 5.74) is 2.59. The Kier molecular flexibility index (Phi) is 3.78. The number of nitrogens with two attached hydrogens (primary N) is 1. The van der Waals surface area contributed by atoms with Crippen LogP contribution in [0.25, 0.3) is 0 Å². The number of aryl methyl sites for hydroxylation is 1. The molecule has 0 aliphatic heterocycles. The van der Waals surface area contributed by atoms with Gasteiger partial charge < -0.3 is 10.7 Å². The molecule has 1 aromatic heterocycles. The second kappa shape index (κ2) is 5.31. The third-order valence-electron chi connectivity index (χ3n) is 3.12. The lowest BCUT2D eigenvalue weighted by atomic mass is 9.82. The minimum atomic E-state index is 0.556. The molecule has 1 fully saturated rings. The zero-order valence-electron chi connectivity index (χ0n) is 10.5. The zero-order valence-corrected chi connectivity index (χ0v) is 10.5. The number of aromatic nitrogens is 2. The van der Waals surface area contributed by atoms with Crippen LogP contribution in [-0.2, 0) is 6.42 Å². The zero-order chi connectivity index (χ0) is 12.3. The van der Waals surface area contributed by atoms with Crippen molar-refractivity contribution in [1.29, 1.82) is 0 Å². The molecule has 17 heavy (non-hydrogen) atoms. The van der Waals surface area contributed by atoms with Crippen molar-refractivity contribution in [2.45, 2.75) is 45.6 Å². The summed E-state index contributed by atoms with van der Waals surface area (Å²) in [6.07, 6.45) is 4.36. The van der Waals surface area contributed by atoms with Gasteiger partial charge in [0, 0.05) is 18.5 Å². The Labute approximate surface area is 102 Å². The molecule has 5 nitrogen and oxygen atoms in total. The van der Waals surface area contributed by atoms with Gasteiger partial charge in [0.25, 0.3) is 0 Å². The average Bonchev–Trinajstić information content (AvgIpc) is 2.27. The lowest BCUT2D eigenvalue weighted by Crippen LogP contribution is -2.34. The van der Waals surface area contributed by atoms with Gasteiger partial charge in [-0.2, -0.15) is 0 Å². The molecule has 0 unspecified atom stereocenters. The second-order valence-corrected chi connectivity index (χ2v) is 4.87. The van der Waals surface area contributed by atoms with Crippen LogP contribution in [0.3, 0.4) is 0 Å². The molecule has 0 amide bonds. The first-order chi connectivity index (χ1) is 8.21. The van der Waals surface area contributed by atoms with Gasteiger partial charge in [-0.3, -0.25) is 0 Å². The van der Waals surface area contributed by atoms with Gasteiger partial charge in [-0.15, -0.1) is 0 Å². The quantitative estimate of drug-likeness (QED) is 0.537. The molecule has 1 aliphatic carbocycles. The van der Waals surface area contributed by atoms with E-state index in [-0.39, 0.29) is 0 Å². The standard InChI is InChI=1S/C12H21N5/c1-3-4-10-15-11(7-12(16-10)17-13)14-9-5-8(2)6-9/h7-9H,3-6,13H2,1-2H3,(H2,14,15,16,17). The van der Waals surface area contributed by atoms with Crippen LogP contribution in [0.15, 0.2) is 6.07 Å². The van der Waals surface area contributed by atoms with Crippen LogP contribution in [0.4, 0.5) is 11.6 Å². The molecule has 0 atom stereocenters. The van der Waals surface area contributed by atoms with Crippen LogP contribution < -0.4 is 16.6 Å². The van der Waals surface area contributed by atoms with Crippen molar-refractivity contribution in [3.8, 4) is 0 Å². The molecule has 1 saturated carbocycles. The van der Waals surface area contributed by atoms with E-state index in [0.717, 1.165) is 30.4 Å². The summed E-state index contributed by atoms with van der Waals surface area (Å²) in [5.74, 6) is 8.65. The molecule has 0 radical (unpaired) electrons. The van der Waals surface area contributed by atoms with E-state index in [1.807, 2.05) is 6.07 Å². The van der Waals surface area contributed by atoms with E-state index < -0.39 is 0 Å². The summed E-state index contributed by atoms with van der Waals surface area (Å²) >= 11 is 0. The predicted octanol–water partition coefficient (Wildman–Crippen LogP) is 1.93. The van der Waals surface area contributed by atoms with Crippen molar-refractivity contribution in [2.24, 2.45) is 11.8 Å². The lowest BCUT2D eigenvalue weighted by molar-refractivity contribution is 0.308. The van der Waals surface area contributed by atoms with Crippen LogP contribution in [0, 0.1) is 5.92 Å². The molecule has 5 heteroatoms. The molecule has 4 N–H and O–H groups in total. The molecule has 1 aromatic rings. The first-order valence-electron chi connectivity index (χ1n) is 6.32. The normalized spacial score (nSPS) is 23.0. The summed E-state index contributed by atoms with van der Waals surface area (Å²) in [6.45, 7) is 4.39. The average molecular weight is 235 g/mol. The van der Waals surface area contributed by atoms with Crippen molar-refractivity contribution in [1.82, 2.24) is 9.97 Å². The highest BCUT2D eigenvalue weighted by molar-refractivity contribution is 5.47. The highest BCUT2D eigenvalue weighted by Crippen LogP contribution is 2.29. The largest absolute Gasteiger partial charge is 0.367 e. The van der Waals surface area contributed by atoms with Crippen LogP contribution in [0.2, 0.25) is 0 Å². The molecule has 0 saturated heterocycles. The van der Waals surface area contributed by atoms with Crippen LogP contribution in [0.1, 0.15) is 38.9 Å². The fraction of sp³-hybridized carbons (Fsp3) is 0.667. The van der Waals surface area contributed by atoms with Crippen molar-refractivity contribution < 1.29 is 0 Å². The van der Waals surface area contributed by atoms with Crippen molar-refractivity contribution in [2.75, 3.05) is 10.7 Å². The molecular formula is C12H21N5. The third kappa shape index (κ3) is 3.06. The van der Waals surface area contributed by atoms with Crippen molar-refractivity contribution in [3.63, 3.8) is 0 Å². The van der Waals surface area contributed by atoms with Crippen LogP contribution in [0.5, 0.6) is 0 Å². The summed E-state index contributed by atoms with van der Waals surface area (Å²) in [5, 5.41) is 3.44. The molecule has 0 bridgehead atoms. The lowest BCUT2D eigenvalue weighted by Gasteiger charge is -2.33. The summed E-state index contributed by atoms with van der Waals surface area (Å²) in [4.78, 5) is 8.82. The monoisotopic (exact) mass is 235 g/mol. The Morgan fingerprint density at radius 2 is 2.06 bits per heavy atom. The van der Waals surface area contributed by atoms with Gasteiger partial charge in [0.05, 0.1) is 0 Å². The number of nitrogens with one attached hydrogen (secondary N) is 2. The Morgan fingerprint density at radius 1 is 1.35 bits per heavy atom. The summed E-state index contributed by atoms with van der Waals surface area (Å²) < 4.78 is 0. The van der Waals surface area contributed by atoms with E-state index in [2.05, 4.69) is 34.6 Å². The number of nitrogen functional groups attached to an aromatic ring is 1. The molecule has 0 spiro atoms. The third-order valence-corrected chi connectivity index (χ3v) is 3.12. The Hall–Kier alpha value is -1.36. The molecule has 0 aromatic carbocycles. The van der Waals surface area contributed by atoms with Gasteiger partial charge in [-0.1, -0.05) is 13.8 Å². The molecule has 2 rings (SSSR count). The highest BCUT2D eigenvalue weighted by Gasteiger charge is 2.25. The first kappa shape index (κ1) is 12.1. The van der Waals surface area contributed by atoms with E-state index in [0.29, 0.717) is 11.9 Å². The number of rotatable bonds is 5. The predicted molar refractivity (Wildman–Crippen MR) is 69.6 cm³/mol. The van der Waals surface area contributed by atoms with E-state index in [9.17, 15) is 0 Å². The van der Waals surface area contributed by atoms with Crippen LogP contribution >= 0.6 is 0 Å². The highest BCUT2D eigenvalue weighted by atomic mass is 15.3.